The van der Waals surface area contributed by atoms with Gasteiger partial charge in [0.15, 0.2) is 5.65 Å². The Bertz CT molecular complexity index is 1100. The number of hydrogen-bond acceptors (Lipinski definition) is 3. The van der Waals surface area contributed by atoms with E-state index in [0.717, 1.165) is 11.3 Å². The number of nitrogens with zero attached hydrogens (tertiary/aromatic N) is 4. The number of aromatic nitrogens is 3. The molecule has 0 aliphatic carbocycles. The zero-order chi connectivity index (χ0) is 19.8. The zero-order valence-electron chi connectivity index (χ0n) is 15.9. The second-order valence-electron chi connectivity index (χ2n) is 6.81. The summed E-state index contributed by atoms with van der Waals surface area (Å²) in [6, 6.07) is 9.25. The van der Waals surface area contributed by atoms with Crippen molar-refractivity contribution in [3.63, 3.8) is 0 Å². The van der Waals surface area contributed by atoms with E-state index < -0.39 is 0 Å². The van der Waals surface area contributed by atoms with Gasteiger partial charge >= 0.3 is 6.03 Å². The summed E-state index contributed by atoms with van der Waals surface area (Å²) in [6.45, 7) is 6.11. The Morgan fingerprint density at radius 1 is 1.29 bits per heavy atom. The van der Waals surface area contributed by atoms with Crippen molar-refractivity contribution in [2.24, 2.45) is 0 Å². The third-order valence-corrected chi connectivity index (χ3v) is 5.56. The van der Waals surface area contributed by atoms with Crippen molar-refractivity contribution in [3.05, 3.63) is 57.0 Å². The predicted octanol–water partition coefficient (Wildman–Crippen LogP) is 3.16. The molecule has 1 aromatic carbocycles. The van der Waals surface area contributed by atoms with Crippen molar-refractivity contribution in [3.8, 4) is 11.3 Å². The molecule has 0 saturated heterocycles. The van der Waals surface area contributed by atoms with E-state index in [9.17, 15) is 9.59 Å². The van der Waals surface area contributed by atoms with Crippen LogP contribution in [0.2, 0.25) is 5.02 Å². The van der Waals surface area contributed by atoms with E-state index in [2.05, 4.69) is 10.1 Å². The number of urea groups is 1. The maximum atomic E-state index is 13.0. The van der Waals surface area contributed by atoms with Crippen LogP contribution in [0.25, 0.3) is 16.9 Å². The number of amides is 2. The van der Waals surface area contributed by atoms with Gasteiger partial charge in [0.1, 0.15) is 0 Å². The number of aromatic amines is 1. The quantitative estimate of drug-likeness (QED) is 0.735. The van der Waals surface area contributed by atoms with Crippen molar-refractivity contribution in [2.45, 2.75) is 26.8 Å². The first-order valence-corrected chi connectivity index (χ1v) is 9.83. The van der Waals surface area contributed by atoms with E-state index in [4.69, 9.17) is 11.6 Å². The summed E-state index contributed by atoms with van der Waals surface area (Å²) in [5, 5.41) is 3.71. The molecule has 0 bridgehead atoms. The molecule has 3 aromatic rings. The van der Waals surface area contributed by atoms with Gasteiger partial charge in [0.05, 0.1) is 17.9 Å². The Labute approximate surface area is 167 Å². The van der Waals surface area contributed by atoms with E-state index >= 15 is 0 Å². The van der Waals surface area contributed by atoms with E-state index in [1.807, 2.05) is 38.1 Å². The fraction of sp³-hybridized carbons (Fsp3) is 0.350. The third-order valence-electron chi connectivity index (χ3n) is 5.23. The van der Waals surface area contributed by atoms with Crippen LogP contribution in [0.15, 0.2) is 35.1 Å². The second kappa shape index (κ2) is 7.31. The highest BCUT2D eigenvalue weighted by Gasteiger charge is 2.27. The number of fused-ring (bicyclic) bond motifs is 2. The highest BCUT2D eigenvalue weighted by Crippen LogP contribution is 2.27. The molecule has 8 heteroatoms. The molecular formula is C20H22ClN5O2. The molecule has 0 atom stereocenters. The molecule has 0 unspecified atom stereocenters. The van der Waals surface area contributed by atoms with Crippen LogP contribution in [0.3, 0.4) is 0 Å². The van der Waals surface area contributed by atoms with Crippen LogP contribution in [0.4, 0.5) is 4.79 Å². The molecular weight excluding hydrogens is 378 g/mol. The molecule has 0 fully saturated rings. The summed E-state index contributed by atoms with van der Waals surface area (Å²) in [5.41, 5.74) is 3.28. The normalized spacial score (nSPS) is 13.6. The van der Waals surface area contributed by atoms with Gasteiger partial charge < -0.3 is 9.80 Å². The standard InChI is InChI=1S/C20H22ClN5O2/c1-3-24(4-2)20(28)25-10-9-14-17(12-25)22-18-11-16(23-26(18)19(14)27)13-7-5-6-8-15(13)21/h5-8,11,23H,3-4,9-10,12H2,1-2H3. The van der Waals surface area contributed by atoms with Gasteiger partial charge in [-0.2, -0.15) is 0 Å². The van der Waals surface area contributed by atoms with Crippen molar-refractivity contribution in [1.29, 1.82) is 0 Å². The lowest BCUT2D eigenvalue weighted by Crippen LogP contribution is -2.46. The van der Waals surface area contributed by atoms with Crippen molar-refractivity contribution < 1.29 is 4.79 Å². The van der Waals surface area contributed by atoms with Gasteiger partial charge in [-0.1, -0.05) is 29.8 Å². The molecule has 4 rings (SSSR count). The molecule has 3 heterocycles. The van der Waals surface area contributed by atoms with Crippen LogP contribution in [0.5, 0.6) is 0 Å². The smallest absolute Gasteiger partial charge is 0.320 e. The Morgan fingerprint density at radius 3 is 2.75 bits per heavy atom. The molecule has 2 amide bonds. The second-order valence-corrected chi connectivity index (χ2v) is 7.22. The van der Waals surface area contributed by atoms with E-state index in [1.165, 1.54) is 4.52 Å². The number of rotatable bonds is 3. The minimum absolute atomic E-state index is 0.0107. The number of hydrogen-bond donors (Lipinski definition) is 1. The molecule has 0 radical (unpaired) electrons. The van der Waals surface area contributed by atoms with E-state index in [0.29, 0.717) is 54.5 Å². The fourth-order valence-electron chi connectivity index (χ4n) is 3.67. The topological polar surface area (TPSA) is 73.7 Å². The number of halogens is 1. The minimum atomic E-state index is -0.117. The van der Waals surface area contributed by atoms with Gasteiger partial charge in [0, 0.05) is 41.9 Å². The lowest BCUT2D eigenvalue weighted by Gasteiger charge is -2.32. The van der Waals surface area contributed by atoms with Gasteiger partial charge in [0.25, 0.3) is 5.56 Å². The summed E-state index contributed by atoms with van der Waals surface area (Å²) in [5.74, 6) is 0. The lowest BCUT2D eigenvalue weighted by atomic mass is 10.1. The zero-order valence-corrected chi connectivity index (χ0v) is 16.7. The Balaban J connectivity index is 1.73. The molecule has 1 aliphatic rings. The van der Waals surface area contributed by atoms with Crippen LogP contribution in [-0.4, -0.2) is 50.1 Å². The first-order chi connectivity index (χ1) is 13.5. The van der Waals surface area contributed by atoms with Crippen LogP contribution in [0.1, 0.15) is 25.1 Å². The first-order valence-electron chi connectivity index (χ1n) is 9.45. The van der Waals surface area contributed by atoms with Gasteiger partial charge in [-0.05, 0) is 26.3 Å². The minimum Gasteiger partial charge on any atom is -0.325 e. The molecule has 2 aromatic heterocycles. The largest absolute Gasteiger partial charge is 0.325 e. The van der Waals surface area contributed by atoms with E-state index in [1.54, 1.807) is 15.9 Å². The van der Waals surface area contributed by atoms with E-state index in [-0.39, 0.29) is 11.6 Å². The summed E-state index contributed by atoms with van der Waals surface area (Å²) in [4.78, 5) is 33.9. The van der Waals surface area contributed by atoms with Gasteiger partial charge in [-0.15, -0.1) is 0 Å². The lowest BCUT2D eigenvalue weighted by molar-refractivity contribution is 0.151. The number of benzene rings is 1. The van der Waals surface area contributed by atoms with Gasteiger partial charge in [-0.25, -0.2) is 14.3 Å². The Morgan fingerprint density at radius 2 is 2.04 bits per heavy atom. The van der Waals surface area contributed by atoms with Crippen molar-refractivity contribution >= 4 is 23.3 Å². The van der Waals surface area contributed by atoms with Crippen LogP contribution >= 0.6 is 11.6 Å². The van der Waals surface area contributed by atoms with Crippen LogP contribution in [0, 0.1) is 0 Å². The Hall–Kier alpha value is -2.80. The average Bonchev–Trinajstić information content (AvgIpc) is 3.13. The summed E-state index contributed by atoms with van der Waals surface area (Å²) in [6.07, 6.45) is 0.498. The van der Waals surface area contributed by atoms with Crippen molar-refractivity contribution in [1.82, 2.24) is 24.4 Å². The molecule has 146 valence electrons. The third kappa shape index (κ3) is 3.05. The summed E-state index contributed by atoms with van der Waals surface area (Å²) >= 11 is 6.29. The van der Waals surface area contributed by atoms with Crippen LogP contribution < -0.4 is 5.56 Å². The maximum Gasteiger partial charge on any atom is 0.320 e. The summed E-state index contributed by atoms with van der Waals surface area (Å²) in [7, 11) is 0. The van der Waals surface area contributed by atoms with Crippen molar-refractivity contribution in [2.75, 3.05) is 19.6 Å². The first kappa shape index (κ1) is 18.6. The molecule has 1 N–H and O–H groups in total. The number of H-pyrrole nitrogens is 1. The number of carbonyl (C=O) groups excluding carboxylic acids is 1. The van der Waals surface area contributed by atoms with Crippen LogP contribution in [-0.2, 0) is 13.0 Å². The highest BCUT2D eigenvalue weighted by molar-refractivity contribution is 6.33. The molecule has 0 saturated carbocycles. The van der Waals surface area contributed by atoms with Gasteiger partial charge in [-0.3, -0.25) is 9.89 Å². The highest BCUT2D eigenvalue weighted by atomic mass is 35.5. The van der Waals surface area contributed by atoms with Gasteiger partial charge in [0.2, 0.25) is 0 Å². The molecule has 28 heavy (non-hydrogen) atoms. The molecule has 1 aliphatic heterocycles. The Kier molecular flexibility index (Phi) is 4.85. The number of carbonyl (C=O) groups is 1. The average molecular weight is 400 g/mol. The maximum absolute atomic E-state index is 13.0. The predicted molar refractivity (Wildman–Crippen MR) is 109 cm³/mol. The molecule has 0 spiro atoms. The molecule has 7 nitrogen and oxygen atoms in total. The monoisotopic (exact) mass is 399 g/mol. The summed E-state index contributed by atoms with van der Waals surface area (Å²) < 4.78 is 1.46. The number of nitrogens with one attached hydrogen (secondary N) is 1. The SMILES string of the molecule is CCN(CC)C(=O)N1CCc2c(nc3cc(-c4ccccc4Cl)[nH]n3c2=O)C1. The fourth-order valence-corrected chi connectivity index (χ4v) is 3.91.